The molecule has 0 fully saturated rings. The molecule has 1 heterocycles. The molecular weight excluding hydrogens is 238 g/mol. The molecule has 0 radical (unpaired) electrons. The van der Waals surface area contributed by atoms with Crippen LogP contribution in [0.1, 0.15) is 5.56 Å². The molecule has 0 aliphatic heterocycles. The van der Waals surface area contributed by atoms with E-state index in [1.807, 2.05) is 19.1 Å². The summed E-state index contributed by atoms with van der Waals surface area (Å²) in [5, 5.41) is 3.46. The van der Waals surface area contributed by atoms with E-state index in [4.69, 9.17) is 11.6 Å². The third-order valence-corrected chi connectivity index (χ3v) is 2.84. The van der Waals surface area contributed by atoms with Gasteiger partial charge in [-0.25, -0.2) is 4.98 Å². The highest BCUT2D eigenvalue weighted by molar-refractivity contribution is 6.31. The maximum Gasteiger partial charge on any atom is 0.244 e. The van der Waals surface area contributed by atoms with Crippen molar-refractivity contribution >= 4 is 23.2 Å². The Kier molecular flexibility index (Phi) is 3.44. The Morgan fingerprint density at radius 3 is 3.06 bits per heavy atom. The number of aromatic nitrogens is 2. The van der Waals surface area contributed by atoms with Crippen molar-refractivity contribution in [2.75, 3.05) is 5.32 Å². The second kappa shape index (κ2) is 5.01. The van der Waals surface area contributed by atoms with Gasteiger partial charge >= 0.3 is 0 Å². The van der Waals surface area contributed by atoms with E-state index in [1.54, 1.807) is 29.4 Å². The first kappa shape index (κ1) is 11.7. The average Bonchev–Trinajstić information content (AvgIpc) is 2.77. The van der Waals surface area contributed by atoms with Crippen molar-refractivity contribution in [1.29, 1.82) is 0 Å². The second-order valence-corrected chi connectivity index (χ2v) is 4.10. The topological polar surface area (TPSA) is 46.9 Å². The number of carbonyl (C=O) groups is 1. The number of hydrogen-bond acceptors (Lipinski definition) is 2. The van der Waals surface area contributed by atoms with Crippen LogP contribution in [0.2, 0.25) is 5.02 Å². The highest BCUT2D eigenvalue weighted by Gasteiger charge is 2.06. The smallest absolute Gasteiger partial charge is 0.244 e. The molecular formula is C12H12ClN3O. The van der Waals surface area contributed by atoms with Crippen molar-refractivity contribution in [3.8, 4) is 0 Å². The Morgan fingerprint density at radius 1 is 1.53 bits per heavy atom. The van der Waals surface area contributed by atoms with Gasteiger partial charge in [-0.15, -0.1) is 0 Å². The van der Waals surface area contributed by atoms with Crippen LogP contribution in [0.15, 0.2) is 36.9 Å². The molecule has 0 saturated heterocycles. The van der Waals surface area contributed by atoms with Crippen LogP contribution in [0.5, 0.6) is 0 Å². The monoisotopic (exact) mass is 249 g/mol. The fourth-order valence-corrected chi connectivity index (χ4v) is 1.65. The lowest BCUT2D eigenvalue weighted by atomic mass is 10.2. The lowest BCUT2D eigenvalue weighted by Gasteiger charge is -2.09. The highest BCUT2D eigenvalue weighted by Crippen LogP contribution is 2.22. The predicted molar refractivity (Wildman–Crippen MR) is 67.0 cm³/mol. The number of rotatable bonds is 3. The van der Waals surface area contributed by atoms with Gasteiger partial charge in [0.25, 0.3) is 0 Å². The van der Waals surface area contributed by atoms with Crippen LogP contribution in [0.4, 0.5) is 5.69 Å². The van der Waals surface area contributed by atoms with Gasteiger partial charge in [-0.2, -0.15) is 0 Å². The van der Waals surface area contributed by atoms with Crippen LogP contribution in [-0.4, -0.2) is 15.5 Å². The zero-order valence-corrected chi connectivity index (χ0v) is 10.1. The third kappa shape index (κ3) is 2.85. The highest BCUT2D eigenvalue weighted by atomic mass is 35.5. The first-order valence-electron chi connectivity index (χ1n) is 5.17. The lowest BCUT2D eigenvalue weighted by Crippen LogP contribution is -2.18. The number of hydrogen-bond donors (Lipinski definition) is 1. The summed E-state index contributed by atoms with van der Waals surface area (Å²) in [6.45, 7) is 2.11. The minimum Gasteiger partial charge on any atom is -0.328 e. The Labute approximate surface area is 104 Å². The number of anilines is 1. The second-order valence-electron chi connectivity index (χ2n) is 3.70. The van der Waals surface area contributed by atoms with Gasteiger partial charge in [0.1, 0.15) is 6.54 Å². The Morgan fingerprint density at radius 2 is 2.35 bits per heavy atom. The van der Waals surface area contributed by atoms with Crippen LogP contribution in [0.3, 0.4) is 0 Å². The molecule has 1 aromatic heterocycles. The summed E-state index contributed by atoms with van der Waals surface area (Å²) in [6.07, 6.45) is 4.98. The fourth-order valence-electron chi connectivity index (χ4n) is 1.48. The molecule has 2 aromatic rings. The molecule has 5 heteroatoms. The standard InChI is InChI=1S/C12H12ClN3O/c1-9-10(13)3-2-4-11(9)15-12(17)7-16-6-5-14-8-16/h2-6,8H,7H2,1H3,(H,15,17). The van der Waals surface area contributed by atoms with E-state index >= 15 is 0 Å². The molecule has 0 saturated carbocycles. The molecule has 0 bridgehead atoms. The summed E-state index contributed by atoms with van der Waals surface area (Å²) in [6, 6.07) is 5.43. The van der Waals surface area contributed by atoms with Gasteiger partial charge in [-0.1, -0.05) is 17.7 Å². The normalized spacial score (nSPS) is 10.2. The van der Waals surface area contributed by atoms with Gasteiger partial charge in [-0.3, -0.25) is 4.79 Å². The van der Waals surface area contributed by atoms with E-state index in [1.165, 1.54) is 0 Å². The maximum atomic E-state index is 11.7. The van der Waals surface area contributed by atoms with E-state index in [9.17, 15) is 4.79 Å². The van der Waals surface area contributed by atoms with Crippen LogP contribution in [0.25, 0.3) is 0 Å². The number of carbonyl (C=O) groups excluding carboxylic acids is 1. The summed E-state index contributed by atoms with van der Waals surface area (Å²) in [5.41, 5.74) is 1.61. The molecule has 0 atom stereocenters. The molecule has 0 spiro atoms. The van der Waals surface area contributed by atoms with Crippen LogP contribution in [-0.2, 0) is 11.3 Å². The minimum absolute atomic E-state index is 0.103. The van der Waals surface area contributed by atoms with Gasteiger partial charge in [0.15, 0.2) is 0 Å². The molecule has 17 heavy (non-hydrogen) atoms. The molecule has 0 unspecified atom stereocenters. The zero-order chi connectivity index (χ0) is 12.3. The van der Waals surface area contributed by atoms with E-state index in [0.29, 0.717) is 5.02 Å². The molecule has 1 N–H and O–H groups in total. The van der Waals surface area contributed by atoms with Crippen molar-refractivity contribution in [1.82, 2.24) is 9.55 Å². The summed E-state index contributed by atoms with van der Waals surface area (Å²) < 4.78 is 1.70. The van der Waals surface area contributed by atoms with Crippen molar-refractivity contribution in [3.05, 3.63) is 47.5 Å². The summed E-state index contributed by atoms with van der Waals surface area (Å²) in [7, 11) is 0. The molecule has 2 rings (SSSR count). The van der Waals surface area contributed by atoms with Crippen molar-refractivity contribution in [3.63, 3.8) is 0 Å². The maximum absolute atomic E-state index is 11.7. The van der Waals surface area contributed by atoms with Gasteiger partial charge in [0.05, 0.1) is 6.33 Å². The van der Waals surface area contributed by atoms with Crippen molar-refractivity contribution < 1.29 is 4.79 Å². The number of nitrogens with zero attached hydrogens (tertiary/aromatic N) is 2. The third-order valence-electron chi connectivity index (χ3n) is 2.43. The van der Waals surface area contributed by atoms with Gasteiger partial charge < -0.3 is 9.88 Å². The summed E-state index contributed by atoms with van der Waals surface area (Å²) in [5.74, 6) is -0.103. The number of nitrogens with one attached hydrogen (secondary N) is 1. The molecule has 0 aliphatic carbocycles. The number of benzene rings is 1. The number of imidazole rings is 1. The minimum atomic E-state index is -0.103. The SMILES string of the molecule is Cc1c(Cl)cccc1NC(=O)Cn1ccnc1. The fraction of sp³-hybridized carbons (Fsp3) is 0.167. The van der Waals surface area contributed by atoms with E-state index in [-0.39, 0.29) is 12.5 Å². The van der Waals surface area contributed by atoms with Crippen molar-refractivity contribution in [2.24, 2.45) is 0 Å². The number of amides is 1. The Balaban J connectivity index is 2.06. The Bertz CT molecular complexity index is 523. The molecule has 1 aromatic carbocycles. The van der Waals surface area contributed by atoms with Gasteiger partial charge in [0.2, 0.25) is 5.91 Å². The zero-order valence-electron chi connectivity index (χ0n) is 9.35. The first-order chi connectivity index (χ1) is 8.16. The largest absolute Gasteiger partial charge is 0.328 e. The van der Waals surface area contributed by atoms with E-state index in [0.717, 1.165) is 11.3 Å². The lowest BCUT2D eigenvalue weighted by molar-refractivity contribution is -0.116. The van der Waals surface area contributed by atoms with E-state index in [2.05, 4.69) is 10.3 Å². The molecule has 4 nitrogen and oxygen atoms in total. The quantitative estimate of drug-likeness (QED) is 0.909. The van der Waals surface area contributed by atoms with Gasteiger partial charge in [0, 0.05) is 23.1 Å². The van der Waals surface area contributed by atoms with Crippen LogP contribution < -0.4 is 5.32 Å². The summed E-state index contributed by atoms with van der Waals surface area (Å²) >= 11 is 5.97. The Hall–Kier alpha value is -1.81. The van der Waals surface area contributed by atoms with E-state index < -0.39 is 0 Å². The number of halogens is 1. The first-order valence-corrected chi connectivity index (χ1v) is 5.55. The molecule has 88 valence electrons. The predicted octanol–water partition coefficient (Wildman–Crippen LogP) is 2.48. The average molecular weight is 250 g/mol. The van der Waals surface area contributed by atoms with Crippen LogP contribution >= 0.6 is 11.6 Å². The van der Waals surface area contributed by atoms with Gasteiger partial charge in [-0.05, 0) is 24.6 Å². The van der Waals surface area contributed by atoms with Crippen LogP contribution in [0, 0.1) is 6.92 Å². The molecule has 0 aliphatic rings. The summed E-state index contributed by atoms with van der Waals surface area (Å²) in [4.78, 5) is 15.6. The van der Waals surface area contributed by atoms with Crippen molar-refractivity contribution in [2.45, 2.75) is 13.5 Å². The molecule has 1 amide bonds.